The number of aryl methyl sites for hydroxylation is 1. The van der Waals surface area contributed by atoms with Crippen LogP contribution in [0.5, 0.6) is 0 Å². The maximum absolute atomic E-state index is 12.9. The van der Waals surface area contributed by atoms with E-state index in [1.807, 2.05) is 0 Å². The highest BCUT2D eigenvalue weighted by atomic mass is 32.1. The zero-order valence-electron chi connectivity index (χ0n) is 12.7. The van der Waals surface area contributed by atoms with Crippen molar-refractivity contribution >= 4 is 21.6 Å². The molecule has 5 nitrogen and oxygen atoms in total. The molecule has 1 N–H and O–H groups in total. The van der Waals surface area contributed by atoms with E-state index in [0.717, 1.165) is 29.5 Å². The SMILES string of the molecule is CC1CCc2c(sc3ncn(CC4(CO)COC4)c(=O)c23)C1. The summed E-state index contributed by atoms with van der Waals surface area (Å²) in [4.78, 5) is 19.6. The summed E-state index contributed by atoms with van der Waals surface area (Å²) in [6.07, 6.45) is 4.81. The smallest absolute Gasteiger partial charge is 0.262 e. The van der Waals surface area contributed by atoms with Crippen molar-refractivity contribution in [2.45, 2.75) is 32.7 Å². The van der Waals surface area contributed by atoms with Crippen LogP contribution in [0.15, 0.2) is 11.1 Å². The number of aliphatic hydroxyl groups excluding tert-OH is 1. The summed E-state index contributed by atoms with van der Waals surface area (Å²) in [5.41, 5.74) is 0.939. The Balaban J connectivity index is 1.79. The predicted molar refractivity (Wildman–Crippen MR) is 85.4 cm³/mol. The van der Waals surface area contributed by atoms with Gasteiger partial charge in [-0.2, -0.15) is 0 Å². The highest BCUT2D eigenvalue weighted by Gasteiger charge is 2.39. The van der Waals surface area contributed by atoms with Gasteiger partial charge in [0.2, 0.25) is 0 Å². The maximum atomic E-state index is 12.9. The third-order valence-electron chi connectivity index (χ3n) is 4.94. The van der Waals surface area contributed by atoms with Crippen LogP contribution in [0.25, 0.3) is 10.2 Å². The van der Waals surface area contributed by atoms with Gasteiger partial charge < -0.3 is 9.84 Å². The van der Waals surface area contributed by atoms with Gasteiger partial charge in [0.15, 0.2) is 0 Å². The van der Waals surface area contributed by atoms with Gasteiger partial charge >= 0.3 is 0 Å². The zero-order valence-corrected chi connectivity index (χ0v) is 13.5. The zero-order chi connectivity index (χ0) is 15.3. The van der Waals surface area contributed by atoms with Crippen LogP contribution in [0.4, 0.5) is 0 Å². The standard InChI is InChI=1S/C16H20N2O3S/c1-10-2-3-11-12(4-10)22-14-13(11)15(20)18(9-17-14)5-16(6-19)7-21-8-16/h9-10,19H,2-8H2,1H3. The second-order valence-electron chi connectivity index (χ2n) is 6.86. The molecule has 0 amide bonds. The van der Waals surface area contributed by atoms with Gasteiger partial charge in [-0.1, -0.05) is 6.92 Å². The van der Waals surface area contributed by atoms with Crippen molar-refractivity contribution in [3.63, 3.8) is 0 Å². The highest BCUT2D eigenvalue weighted by Crippen LogP contribution is 2.36. The van der Waals surface area contributed by atoms with Crippen LogP contribution in [0.2, 0.25) is 0 Å². The molecular formula is C16H20N2O3S. The lowest BCUT2D eigenvalue weighted by Crippen LogP contribution is -2.50. The molecule has 2 aliphatic rings. The van der Waals surface area contributed by atoms with Crippen LogP contribution in [0.3, 0.4) is 0 Å². The van der Waals surface area contributed by atoms with Gasteiger partial charge in [-0.05, 0) is 30.7 Å². The molecule has 1 fully saturated rings. The van der Waals surface area contributed by atoms with Gasteiger partial charge in [-0.15, -0.1) is 11.3 Å². The summed E-state index contributed by atoms with van der Waals surface area (Å²) in [5, 5.41) is 10.4. The molecule has 1 saturated heterocycles. The number of nitrogens with zero attached hydrogens (tertiary/aromatic N) is 2. The molecule has 0 saturated carbocycles. The Labute approximate surface area is 132 Å². The topological polar surface area (TPSA) is 64.3 Å². The van der Waals surface area contributed by atoms with Gasteiger partial charge in [-0.3, -0.25) is 9.36 Å². The van der Waals surface area contributed by atoms with Crippen molar-refractivity contribution in [3.8, 4) is 0 Å². The van der Waals surface area contributed by atoms with E-state index in [2.05, 4.69) is 11.9 Å². The number of aromatic nitrogens is 2. The van der Waals surface area contributed by atoms with Crippen LogP contribution in [-0.2, 0) is 24.1 Å². The summed E-state index contributed by atoms with van der Waals surface area (Å²) >= 11 is 1.67. The average molecular weight is 320 g/mol. The van der Waals surface area contributed by atoms with E-state index >= 15 is 0 Å². The monoisotopic (exact) mass is 320 g/mol. The summed E-state index contributed by atoms with van der Waals surface area (Å²) in [6.45, 7) is 3.80. The van der Waals surface area contributed by atoms with Crippen molar-refractivity contribution in [2.75, 3.05) is 19.8 Å². The van der Waals surface area contributed by atoms with E-state index in [1.165, 1.54) is 10.4 Å². The van der Waals surface area contributed by atoms with Gasteiger partial charge in [0.25, 0.3) is 5.56 Å². The van der Waals surface area contributed by atoms with Crippen molar-refractivity contribution in [3.05, 3.63) is 27.1 Å². The van der Waals surface area contributed by atoms with Crippen LogP contribution >= 0.6 is 11.3 Å². The van der Waals surface area contributed by atoms with Crippen LogP contribution in [0.1, 0.15) is 23.8 Å². The number of hydrogen-bond acceptors (Lipinski definition) is 5. The minimum Gasteiger partial charge on any atom is -0.396 e. The number of aliphatic hydroxyl groups is 1. The highest BCUT2D eigenvalue weighted by molar-refractivity contribution is 7.18. The number of hydrogen-bond donors (Lipinski definition) is 1. The Bertz CT molecular complexity index is 770. The Kier molecular flexibility index (Phi) is 3.36. The molecule has 0 aromatic carbocycles. The van der Waals surface area contributed by atoms with Crippen molar-refractivity contribution in [1.82, 2.24) is 9.55 Å². The number of ether oxygens (including phenoxy) is 1. The van der Waals surface area contributed by atoms with Crippen molar-refractivity contribution in [1.29, 1.82) is 0 Å². The second kappa shape index (κ2) is 5.15. The van der Waals surface area contributed by atoms with Crippen molar-refractivity contribution < 1.29 is 9.84 Å². The minimum atomic E-state index is -0.316. The molecule has 4 rings (SSSR count). The fourth-order valence-electron chi connectivity index (χ4n) is 3.46. The molecular weight excluding hydrogens is 300 g/mol. The summed E-state index contributed by atoms with van der Waals surface area (Å²) in [7, 11) is 0. The number of fused-ring (bicyclic) bond motifs is 3. The molecule has 1 aliphatic heterocycles. The van der Waals surface area contributed by atoms with Gasteiger partial charge in [-0.25, -0.2) is 4.98 Å². The first kappa shape index (κ1) is 14.4. The Hall–Kier alpha value is -1.24. The normalized spacial score (nSPS) is 23.3. The molecule has 2 aromatic heterocycles. The summed E-state index contributed by atoms with van der Waals surface area (Å²) < 4.78 is 6.88. The van der Waals surface area contributed by atoms with E-state index in [9.17, 15) is 9.90 Å². The first-order valence-corrected chi connectivity index (χ1v) is 8.62. The molecule has 6 heteroatoms. The molecule has 118 valence electrons. The first-order chi connectivity index (χ1) is 10.6. The third-order valence-corrected chi connectivity index (χ3v) is 6.10. The molecule has 1 atom stereocenters. The van der Waals surface area contributed by atoms with Crippen LogP contribution in [-0.4, -0.2) is 34.5 Å². The Morgan fingerprint density at radius 3 is 3.05 bits per heavy atom. The van der Waals surface area contributed by atoms with E-state index in [0.29, 0.717) is 25.7 Å². The lowest BCUT2D eigenvalue weighted by Gasteiger charge is -2.39. The van der Waals surface area contributed by atoms with Gasteiger partial charge in [0.1, 0.15) is 4.83 Å². The van der Waals surface area contributed by atoms with Crippen LogP contribution in [0, 0.1) is 11.3 Å². The lowest BCUT2D eigenvalue weighted by molar-refractivity contribution is -0.145. The minimum absolute atomic E-state index is 0.0384. The molecule has 1 unspecified atom stereocenters. The molecule has 0 bridgehead atoms. The molecule has 1 aliphatic carbocycles. The lowest BCUT2D eigenvalue weighted by atomic mass is 9.87. The second-order valence-corrected chi connectivity index (χ2v) is 7.94. The Morgan fingerprint density at radius 1 is 1.55 bits per heavy atom. The largest absolute Gasteiger partial charge is 0.396 e. The van der Waals surface area contributed by atoms with E-state index in [4.69, 9.17) is 4.74 Å². The quantitative estimate of drug-likeness (QED) is 0.933. The molecule has 0 radical (unpaired) electrons. The summed E-state index contributed by atoms with van der Waals surface area (Å²) in [6, 6.07) is 0. The first-order valence-electron chi connectivity index (χ1n) is 7.80. The average Bonchev–Trinajstić information content (AvgIpc) is 2.83. The summed E-state index contributed by atoms with van der Waals surface area (Å²) in [5.74, 6) is 0.688. The molecule has 22 heavy (non-hydrogen) atoms. The fourth-order valence-corrected chi connectivity index (χ4v) is 4.80. The molecule has 0 spiro atoms. The van der Waals surface area contributed by atoms with Crippen molar-refractivity contribution in [2.24, 2.45) is 11.3 Å². The van der Waals surface area contributed by atoms with E-state index in [-0.39, 0.29) is 17.6 Å². The van der Waals surface area contributed by atoms with E-state index < -0.39 is 0 Å². The van der Waals surface area contributed by atoms with Gasteiger partial charge in [0.05, 0.1) is 36.9 Å². The molecule has 3 heterocycles. The predicted octanol–water partition coefficient (Wildman–Crippen LogP) is 1.59. The number of thiophene rings is 1. The number of rotatable bonds is 3. The van der Waals surface area contributed by atoms with Gasteiger partial charge in [0, 0.05) is 11.4 Å². The fraction of sp³-hybridized carbons (Fsp3) is 0.625. The molecule has 2 aromatic rings. The third kappa shape index (κ3) is 2.13. The Morgan fingerprint density at radius 2 is 2.36 bits per heavy atom. The maximum Gasteiger partial charge on any atom is 0.262 e. The van der Waals surface area contributed by atoms with Crippen LogP contribution < -0.4 is 5.56 Å². The van der Waals surface area contributed by atoms with E-state index in [1.54, 1.807) is 22.2 Å².